The molecule has 0 radical (unpaired) electrons. The molecule has 2 heterocycles. The molecule has 9 nitrogen and oxygen atoms in total. The maximum absolute atomic E-state index is 12.2. The van der Waals surface area contributed by atoms with Crippen LogP contribution in [-0.4, -0.2) is 68.3 Å². The van der Waals surface area contributed by atoms with Crippen LogP contribution in [0.15, 0.2) is 30.3 Å². The summed E-state index contributed by atoms with van der Waals surface area (Å²) in [4.78, 5) is 35.5. The molecule has 1 aromatic rings. The van der Waals surface area contributed by atoms with Crippen molar-refractivity contribution in [3.8, 4) is 0 Å². The first-order valence-electron chi connectivity index (χ1n) is 9.01. The van der Waals surface area contributed by atoms with Crippen LogP contribution in [-0.2, 0) is 33.3 Å². The van der Waals surface area contributed by atoms with Gasteiger partial charge in [-0.2, -0.15) is 0 Å². The Morgan fingerprint density at radius 3 is 2.39 bits per heavy atom. The molecule has 0 unspecified atom stereocenters. The van der Waals surface area contributed by atoms with Crippen molar-refractivity contribution in [3.63, 3.8) is 0 Å². The fraction of sp³-hybridized carbons (Fsp3) is 0.526. The Labute approximate surface area is 162 Å². The number of ether oxygens (including phenoxy) is 5. The molecule has 0 saturated carbocycles. The van der Waals surface area contributed by atoms with E-state index in [0.717, 1.165) is 0 Å². The summed E-state index contributed by atoms with van der Waals surface area (Å²) in [6.07, 6.45) is -3.07. The molecule has 1 aromatic carbocycles. The number of amides is 1. The van der Waals surface area contributed by atoms with E-state index in [4.69, 9.17) is 23.7 Å². The van der Waals surface area contributed by atoms with Crippen molar-refractivity contribution in [1.29, 1.82) is 0 Å². The van der Waals surface area contributed by atoms with E-state index in [-0.39, 0.29) is 12.5 Å². The maximum atomic E-state index is 12.2. The minimum atomic E-state index is -0.859. The van der Waals surface area contributed by atoms with Crippen LogP contribution >= 0.6 is 0 Å². The van der Waals surface area contributed by atoms with E-state index in [9.17, 15) is 14.4 Å². The topological polar surface area (TPSA) is 109 Å². The third kappa shape index (κ3) is 4.86. The molecule has 1 N–H and O–H groups in total. The molecular formula is C19H23NO8. The van der Waals surface area contributed by atoms with Crippen LogP contribution in [0.3, 0.4) is 0 Å². The van der Waals surface area contributed by atoms with Crippen molar-refractivity contribution in [3.05, 3.63) is 35.9 Å². The molecule has 4 atom stereocenters. The van der Waals surface area contributed by atoms with Crippen LogP contribution in [0.1, 0.15) is 24.2 Å². The number of benzene rings is 1. The lowest BCUT2D eigenvalue weighted by molar-refractivity contribution is -0.154. The lowest BCUT2D eigenvalue weighted by Gasteiger charge is -2.26. The molecule has 9 heteroatoms. The van der Waals surface area contributed by atoms with Crippen molar-refractivity contribution >= 4 is 17.8 Å². The zero-order chi connectivity index (χ0) is 20.1. The highest BCUT2D eigenvalue weighted by atomic mass is 16.7. The smallest absolute Gasteiger partial charge is 0.338 e. The van der Waals surface area contributed by atoms with Crippen molar-refractivity contribution in [1.82, 2.24) is 5.32 Å². The van der Waals surface area contributed by atoms with E-state index in [1.54, 1.807) is 30.3 Å². The Bertz CT molecular complexity index is 703. The molecule has 0 spiro atoms. The van der Waals surface area contributed by atoms with Gasteiger partial charge in [-0.15, -0.1) is 0 Å². The van der Waals surface area contributed by atoms with Gasteiger partial charge in [0.15, 0.2) is 12.4 Å². The molecule has 0 aromatic heterocycles. The Morgan fingerprint density at radius 2 is 1.79 bits per heavy atom. The highest BCUT2D eigenvalue weighted by Crippen LogP contribution is 2.30. The predicted octanol–water partition coefficient (Wildman–Crippen LogP) is 0.420. The van der Waals surface area contributed by atoms with Gasteiger partial charge in [-0.25, -0.2) is 4.79 Å². The highest BCUT2D eigenvalue weighted by molar-refractivity contribution is 5.89. The minimum Gasteiger partial charge on any atom is -0.459 e. The van der Waals surface area contributed by atoms with Crippen molar-refractivity contribution in [2.45, 2.75) is 44.5 Å². The lowest BCUT2D eigenvalue weighted by atomic mass is 10.0. The second-order valence-corrected chi connectivity index (χ2v) is 6.51. The van der Waals surface area contributed by atoms with Gasteiger partial charge in [0, 0.05) is 13.8 Å². The molecule has 3 rings (SSSR count). The number of carbonyl (C=O) groups is 3. The van der Waals surface area contributed by atoms with Gasteiger partial charge in [-0.3, -0.25) is 9.59 Å². The normalized spacial score (nSPS) is 27.4. The summed E-state index contributed by atoms with van der Waals surface area (Å²) in [6.45, 7) is 3.23. The summed E-state index contributed by atoms with van der Waals surface area (Å²) in [5.74, 6) is -1.40. The van der Waals surface area contributed by atoms with Gasteiger partial charge in [0.05, 0.1) is 24.8 Å². The number of carbonyl (C=O) groups excluding carboxylic acids is 3. The van der Waals surface area contributed by atoms with E-state index in [0.29, 0.717) is 18.8 Å². The molecule has 0 aliphatic carbocycles. The summed E-state index contributed by atoms with van der Waals surface area (Å²) in [6, 6.07) is 7.79. The molecule has 1 amide bonds. The number of nitrogens with one attached hydrogen (secondary N) is 1. The highest BCUT2D eigenvalue weighted by Gasteiger charge is 2.52. The average molecular weight is 393 g/mol. The molecule has 2 aliphatic rings. The van der Waals surface area contributed by atoms with Gasteiger partial charge in [0.25, 0.3) is 0 Å². The molecular weight excluding hydrogens is 370 g/mol. The van der Waals surface area contributed by atoms with Gasteiger partial charge < -0.3 is 29.0 Å². The fourth-order valence-electron chi connectivity index (χ4n) is 3.27. The Morgan fingerprint density at radius 1 is 1.11 bits per heavy atom. The lowest BCUT2D eigenvalue weighted by Crippen LogP contribution is -2.52. The van der Waals surface area contributed by atoms with E-state index < -0.39 is 42.6 Å². The average Bonchev–Trinajstić information content (AvgIpc) is 3.29. The zero-order valence-electron chi connectivity index (χ0n) is 15.7. The van der Waals surface area contributed by atoms with Gasteiger partial charge in [-0.05, 0) is 12.1 Å². The largest absolute Gasteiger partial charge is 0.459 e. The van der Waals surface area contributed by atoms with E-state index in [2.05, 4.69) is 5.32 Å². The van der Waals surface area contributed by atoms with Crippen molar-refractivity contribution in [2.75, 3.05) is 19.8 Å². The van der Waals surface area contributed by atoms with Crippen LogP contribution in [0.25, 0.3) is 0 Å². The van der Waals surface area contributed by atoms with Crippen LogP contribution in [0.4, 0.5) is 0 Å². The Hall–Kier alpha value is -2.49. The summed E-state index contributed by atoms with van der Waals surface area (Å²) < 4.78 is 27.7. The second kappa shape index (κ2) is 9.13. The summed E-state index contributed by atoms with van der Waals surface area (Å²) >= 11 is 0. The first kappa shape index (κ1) is 20.2. The van der Waals surface area contributed by atoms with E-state index in [1.165, 1.54) is 13.8 Å². The Balaban J connectivity index is 1.74. The maximum Gasteiger partial charge on any atom is 0.338 e. The van der Waals surface area contributed by atoms with Crippen molar-refractivity contribution in [2.24, 2.45) is 0 Å². The number of rotatable bonds is 6. The summed E-state index contributed by atoms with van der Waals surface area (Å²) in [5.41, 5.74) is 0.391. The number of hydrogen-bond donors (Lipinski definition) is 1. The first-order chi connectivity index (χ1) is 13.5. The SMILES string of the molecule is CC(=O)N[C@@H]1[C@H](OC(C)=O)[C@@H](COC(=O)c2ccccc2)O[C@H]1C1OCCO1. The third-order valence-electron chi connectivity index (χ3n) is 4.38. The van der Waals surface area contributed by atoms with E-state index >= 15 is 0 Å². The number of esters is 2. The quantitative estimate of drug-likeness (QED) is 0.693. The monoisotopic (exact) mass is 393 g/mol. The second-order valence-electron chi connectivity index (χ2n) is 6.51. The third-order valence-corrected chi connectivity index (χ3v) is 4.38. The standard InChI is InChI=1S/C19H23NO8/c1-11(21)20-15-16(27-12(2)22)14(28-17(15)19-24-8-9-25-19)10-26-18(23)13-6-4-3-5-7-13/h3-7,14-17,19H,8-10H2,1-2H3,(H,20,21)/t14-,15-,16-,17-/m1/s1. The molecule has 0 bridgehead atoms. The van der Waals surface area contributed by atoms with Gasteiger partial charge in [0.2, 0.25) is 5.91 Å². The van der Waals surface area contributed by atoms with Gasteiger partial charge in [0.1, 0.15) is 18.8 Å². The van der Waals surface area contributed by atoms with Crippen LogP contribution in [0.2, 0.25) is 0 Å². The molecule has 2 aliphatic heterocycles. The van der Waals surface area contributed by atoms with E-state index in [1.807, 2.05) is 0 Å². The fourth-order valence-corrected chi connectivity index (χ4v) is 3.27. The molecule has 2 saturated heterocycles. The van der Waals surface area contributed by atoms with Gasteiger partial charge >= 0.3 is 11.9 Å². The zero-order valence-corrected chi connectivity index (χ0v) is 15.7. The first-order valence-corrected chi connectivity index (χ1v) is 9.01. The van der Waals surface area contributed by atoms with Gasteiger partial charge in [-0.1, -0.05) is 18.2 Å². The number of hydrogen-bond acceptors (Lipinski definition) is 8. The predicted molar refractivity (Wildman–Crippen MR) is 94.2 cm³/mol. The van der Waals surface area contributed by atoms with Crippen molar-refractivity contribution < 1.29 is 38.1 Å². The molecule has 28 heavy (non-hydrogen) atoms. The minimum absolute atomic E-state index is 0.162. The Kier molecular flexibility index (Phi) is 6.61. The summed E-state index contributed by atoms with van der Waals surface area (Å²) in [5, 5.41) is 2.73. The molecule has 2 fully saturated rings. The van der Waals surface area contributed by atoms with Crippen LogP contribution < -0.4 is 5.32 Å². The van der Waals surface area contributed by atoms with Crippen LogP contribution in [0, 0.1) is 0 Å². The molecule has 152 valence electrons. The van der Waals surface area contributed by atoms with Crippen LogP contribution in [0.5, 0.6) is 0 Å². The summed E-state index contributed by atoms with van der Waals surface area (Å²) in [7, 11) is 0.